The van der Waals surface area contributed by atoms with Crippen molar-refractivity contribution in [1.29, 1.82) is 0 Å². The zero-order valence-corrected chi connectivity index (χ0v) is 7.62. The van der Waals surface area contributed by atoms with Crippen molar-refractivity contribution in [3.63, 3.8) is 0 Å². The number of aliphatic hydroxyl groups is 1. The van der Waals surface area contributed by atoms with Gasteiger partial charge < -0.3 is 9.94 Å². The van der Waals surface area contributed by atoms with Crippen LogP contribution in [0, 0.1) is 5.92 Å². The first-order valence-corrected chi connectivity index (χ1v) is 4.61. The summed E-state index contributed by atoms with van der Waals surface area (Å²) in [5, 5.41) is 12.4. The standard InChI is InChI=1S/C9H17NO2/c1-8-2-4-9(5-3-8)10-12-7-6-11/h8,11H,2-7H2,1H3. The summed E-state index contributed by atoms with van der Waals surface area (Å²) in [6.07, 6.45) is 4.57. The molecule has 70 valence electrons. The largest absolute Gasteiger partial charge is 0.393 e. The molecule has 1 aliphatic carbocycles. The lowest BCUT2D eigenvalue weighted by Gasteiger charge is -2.18. The summed E-state index contributed by atoms with van der Waals surface area (Å²) in [5.74, 6) is 0.835. The third-order valence-electron chi connectivity index (χ3n) is 2.23. The Bertz CT molecular complexity index is 147. The van der Waals surface area contributed by atoms with Gasteiger partial charge in [0, 0.05) is 0 Å². The van der Waals surface area contributed by atoms with E-state index in [-0.39, 0.29) is 6.61 Å². The molecular formula is C9H17NO2. The normalized spacial score (nSPS) is 23.8. The monoisotopic (exact) mass is 171 g/mol. The molecule has 3 heteroatoms. The van der Waals surface area contributed by atoms with E-state index in [1.165, 1.54) is 12.8 Å². The van der Waals surface area contributed by atoms with Gasteiger partial charge in [0.2, 0.25) is 0 Å². The van der Waals surface area contributed by atoms with Gasteiger partial charge in [0.25, 0.3) is 0 Å². The summed E-state index contributed by atoms with van der Waals surface area (Å²) >= 11 is 0. The summed E-state index contributed by atoms with van der Waals surface area (Å²) in [4.78, 5) is 4.90. The summed E-state index contributed by atoms with van der Waals surface area (Å²) in [7, 11) is 0. The van der Waals surface area contributed by atoms with E-state index in [1.54, 1.807) is 0 Å². The average molecular weight is 171 g/mol. The third kappa shape index (κ3) is 3.22. The fourth-order valence-electron chi connectivity index (χ4n) is 1.36. The van der Waals surface area contributed by atoms with Crippen molar-refractivity contribution in [2.75, 3.05) is 13.2 Å². The molecule has 3 nitrogen and oxygen atoms in total. The van der Waals surface area contributed by atoms with E-state index >= 15 is 0 Å². The molecule has 0 aliphatic heterocycles. The molecule has 12 heavy (non-hydrogen) atoms. The Labute approximate surface area is 73.4 Å². The highest BCUT2D eigenvalue weighted by Crippen LogP contribution is 2.21. The van der Waals surface area contributed by atoms with Crippen molar-refractivity contribution in [1.82, 2.24) is 0 Å². The first kappa shape index (κ1) is 9.52. The van der Waals surface area contributed by atoms with Crippen LogP contribution < -0.4 is 0 Å². The van der Waals surface area contributed by atoms with E-state index in [9.17, 15) is 0 Å². The molecule has 1 aliphatic rings. The van der Waals surface area contributed by atoms with Crippen molar-refractivity contribution in [3.8, 4) is 0 Å². The minimum absolute atomic E-state index is 0.0488. The first-order chi connectivity index (χ1) is 5.83. The lowest BCUT2D eigenvalue weighted by atomic mass is 9.90. The minimum atomic E-state index is 0.0488. The maximum absolute atomic E-state index is 8.44. The molecule has 0 spiro atoms. The number of rotatable bonds is 3. The van der Waals surface area contributed by atoms with Gasteiger partial charge in [-0.2, -0.15) is 0 Å². The Morgan fingerprint density at radius 1 is 1.50 bits per heavy atom. The second kappa shape index (κ2) is 5.14. The van der Waals surface area contributed by atoms with Gasteiger partial charge in [0.15, 0.2) is 0 Å². The van der Waals surface area contributed by atoms with E-state index in [0.717, 1.165) is 24.5 Å². The fraction of sp³-hybridized carbons (Fsp3) is 0.889. The summed E-state index contributed by atoms with van der Waals surface area (Å²) < 4.78 is 0. The Hall–Kier alpha value is -0.570. The second-order valence-electron chi connectivity index (χ2n) is 3.40. The quantitative estimate of drug-likeness (QED) is 0.517. The van der Waals surface area contributed by atoms with Crippen LogP contribution in [0.2, 0.25) is 0 Å². The molecule has 0 aromatic rings. The Morgan fingerprint density at radius 2 is 2.17 bits per heavy atom. The molecule has 0 atom stereocenters. The van der Waals surface area contributed by atoms with Gasteiger partial charge in [0.1, 0.15) is 6.61 Å². The maximum atomic E-state index is 8.44. The predicted molar refractivity (Wildman–Crippen MR) is 48.1 cm³/mol. The molecule has 0 aromatic heterocycles. The first-order valence-electron chi connectivity index (χ1n) is 4.61. The molecule has 0 radical (unpaired) electrons. The van der Waals surface area contributed by atoms with Crippen LogP contribution in [0.15, 0.2) is 5.16 Å². The number of nitrogens with zero attached hydrogens (tertiary/aromatic N) is 1. The van der Waals surface area contributed by atoms with E-state index in [1.807, 2.05) is 0 Å². The van der Waals surface area contributed by atoms with Crippen molar-refractivity contribution >= 4 is 5.71 Å². The van der Waals surface area contributed by atoms with Crippen molar-refractivity contribution < 1.29 is 9.94 Å². The van der Waals surface area contributed by atoms with E-state index in [2.05, 4.69) is 12.1 Å². The SMILES string of the molecule is CC1CCC(=NOCCO)CC1. The van der Waals surface area contributed by atoms with Gasteiger partial charge >= 0.3 is 0 Å². The number of hydrogen-bond acceptors (Lipinski definition) is 3. The number of oxime groups is 1. The molecule has 1 N–H and O–H groups in total. The molecule has 0 aromatic carbocycles. The van der Waals surface area contributed by atoms with Crippen LogP contribution >= 0.6 is 0 Å². The highest BCUT2D eigenvalue weighted by atomic mass is 16.6. The van der Waals surface area contributed by atoms with Crippen LogP contribution in [0.4, 0.5) is 0 Å². The molecule has 0 bridgehead atoms. The van der Waals surface area contributed by atoms with E-state index in [0.29, 0.717) is 6.61 Å². The molecule has 0 heterocycles. The van der Waals surface area contributed by atoms with Crippen molar-refractivity contribution in [2.45, 2.75) is 32.6 Å². The zero-order chi connectivity index (χ0) is 8.81. The third-order valence-corrected chi connectivity index (χ3v) is 2.23. The van der Waals surface area contributed by atoms with Gasteiger partial charge in [-0.3, -0.25) is 0 Å². The van der Waals surface area contributed by atoms with Crippen LogP contribution in [-0.4, -0.2) is 24.0 Å². The Kier molecular flexibility index (Phi) is 4.08. The maximum Gasteiger partial charge on any atom is 0.140 e. The molecule has 0 unspecified atom stereocenters. The average Bonchev–Trinajstić information content (AvgIpc) is 2.09. The fourth-order valence-corrected chi connectivity index (χ4v) is 1.36. The summed E-state index contributed by atoms with van der Waals surface area (Å²) in [5.41, 5.74) is 1.15. The summed E-state index contributed by atoms with van der Waals surface area (Å²) in [6, 6.07) is 0. The molecule has 1 rings (SSSR count). The van der Waals surface area contributed by atoms with Crippen molar-refractivity contribution in [2.24, 2.45) is 11.1 Å². The lowest BCUT2D eigenvalue weighted by Crippen LogP contribution is -2.12. The number of aliphatic hydroxyl groups excluding tert-OH is 1. The molecular weight excluding hydrogens is 154 g/mol. The molecule has 0 amide bonds. The number of hydrogen-bond donors (Lipinski definition) is 1. The second-order valence-corrected chi connectivity index (χ2v) is 3.40. The topological polar surface area (TPSA) is 41.8 Å². The van der Waals surface area contributed by atoms with Gasteiger partial charge in [-0.15, -0.1) is 0 Å². The van der Waals surface area contributed by atoms with E-state index in [4.69, 9.17) is 9.94 Å². The van der Waals surface area contributed by atoms with Crippen molar-refractivity contribution in [3.05, 3.63) is 0 Å². The molecule has 1 fully saturated rings. The van der Waals surface area contributed by atoms with Crippen LogP contribution in [0.25, 0.3) is 0 Å². The van der Waals surface area contributed by atoms with Crippen LogP contribution in [0.3, 0.4) is 0 Å². The molecule has 0 saturated heterocycles. The van der Waals surface area contributed by atoms with E-state index < -0.39 is 0 Å². The summed E-state index contributed by atoms with van der Waals surface area (Å²) in [6.45, 7) is 2.64. The minimum Gasteiger partial charge on any atom is -0.393 e. The smallest absolute Gasteiger partial charge is 0.140 e. The zero-order valence-electron chi connectivity index (χ0n) is 7.62. The van der Waals surface area contributed by atoms with Crippen LogP contribution in [-0.2, 0) is 4.84 Å². The highest BCUT2D eigenvalue weighted by Gasteiger charge is 2.13. The Morgan fingerprint density at radius 3 is 2.75 bits per heavy atom. The van der Waals surface area contributed by atoms with Crippen LogP contribution in [0.5, 0.6) is 0 Å². The Balaban J connectivity index is 2.19. The highest BCUT2D eigenvalue weighted by molar-refractivity contribution is 5.84. The predicted octanol–water partition coefficient (Wildman–Crippen LogP) is 1.56. The lowest BCUT2D eigenvalue weighted by molar-refractivity contribution is 0.0972. The van der Waals surface area contributed by atoms with Gasteiger partial charge in [-0.05, 0) is 31.6 Å². The molecule has 1 saturated carbocycles. The van der Waals surface area contributed by atoms with Crippen LogP contribution in [0.1, 0.15) is 32.6 Å². The van der Waals surface area contributed by atoms with Gasteiger partial charge in [-0.25, -0.2) is 0 Å². The van der Waals surface area contributed by atoms with Gasteiger partial charge in [-0.1, -0.05) is 12.1 Å². The van der Waals surface area contributed by atoms with Gasteiger partial charge in [0.05, 0.1) is 12.3 Å².